The van der Waals surface area contributed by atoms with Crippen LogP contribution in [0.4, 0.5) is 37.4 Å². The average molecular weight is 536 g/mol. The average Bonchev–Trinajstić information content (AvgIpc) is 3.12. The van der Waals surface area contributed by atoms with E-state index in [1.54, 1.807) is 20.8 Å². The Kier molecular flexibility index (Phi) is 8.18. The van der Waals surface area contributed by atoms with Crippen LogP contribution in [0.2, 0.25) is 0 Å². The molecule has 0 unspecified atom stereocenters. The highest BCUT2D eigenvalue weighted by Crippen LogP contribution is 2.37. The summed E-state index contributed by atoms with van der Waals surface area (Å²) in [6.07, 6.45) is -5.02. The van der Waals surface area contributed by atoms with Gasteiger partial charge in [0.2, 0.25) is 11.8 Å². The molecular weight excluding hydrogens is 505 g/mol. The van der Waals surface area contributed by atoms with Crippen molar-refractivity contribution in [2.24, 2.45) is 5.92 Å². The van der Waals surface area contributed by atoms with Crippen molar-refractivity contribution in [2.45, 2.75) is 82.8 Å². The maximum Gasteiger partial charge on any atom is 0.410 e. The summed E-state index contributed by atoms with van der Waals surface area (Å²) in [6, 6.07) is -1.19. The number of urea groups is 1. The summed E-state index contributed by atoms with van der Waals surface area (Å²) in [5, 5.41) is 6.88. The lowest BCUT2D eigenvalue weighted by Gasteiger charge is -2.33. The summed E-state index contributed by atoms with van der Waals surface area (Å²) < 4.78 is 71.4. The van der Waals surface area contributed by atoms with Crippen molar-refractivity contribution in [1.82, 2.24) is 20.5 Å². The summed E-state index contributed by atoms with van der Waals surface area (Å²) in [4.78, 5) is 42.4. The lowest BCUT2D eigenvalue weighted by atomic mass is 9.81. The molecule has 1 aliphatic carbocycles. The minimum atomic E-state index is -4.58. The molecule has 1 aromatic heterocycles. The molecule has 1 aliphatic heterocycles. The van der Waals surface area contributed by atoms with E-state index in [1.807, 2.05) is 5.32 Å². The number of rotatable bonds is 6. The fourth-order valence-electron chi connectivity index (χ4n) is 4.20. The number of amides is 4. The molecule has 0 spiro atoms. The molecule has 0 bridgehead atoms. The standard InChI is InChI=1S/C23H30F5N5O4/c1-21(2,3)37-20(36)32-17(14-4-7-22(24,25)8-5-14)18(34)31-16-10-13(6-9-29-16)11-33-12-15(23(26,27)28)30-19(33)35/h6,9-10,14-15,17H,4-5,7-8,11-12H2,1-3H3,(H,30,35)(H,32,36)(H,29,31,34)/t15-,17+/m0/s1. The number of carbonyl (C=O) groups excluding carboxylic acids is 3. The van der Waals surface area contributed by atoms with E-state index in [2.05, 4.69) is 15.6 Å². The maximum atomic E-state index is 13.7. The number of aromatic nitrogens is 1. The van der Waals surface area contributed by atoms with Crippen LogP contribution in [0.25, 0.3) is 0 Å². The van der Waals surface area contributed by atoms with Crippen LogP contribution in [-0.4, -0.2) is 64.2 Å². The molecule has 206 valence electrons. The molecule has 9 nitrogen and oxygen atoms in total. The zero-order chi connectivity index (χ0) is 27.6. The largest absolute Gasteiger partial charge is 0.444 e. The van der Waals surface area contributed by atoms with Crippen molar-refractivity contribution in [3.8, 4) is 0 Å². The van der Waals surface area contributed by atoms with Crippen LogP contribution in [-0.2, 0) is 16.1 Å². The van der Waals surface area contributed by atoms with Gasteiger partial charge in [0.25, 0.3) is 0 Å². The third-order valence-corrected chi connectivity index (χ3v) is 6.02. The van der Waals surface area contributed by atoms with Gasteiger partial charge in [-0.05, 0) is 57.2 Å². The zero-order valence-corrected chi connectivity index (χ0v) is 20.6. The second kappa shape index (κ2) is 10.7. The third kappa shape index (κ3) is 8.15. The van der Waals surface area contributed by atoms with Crippen molar-refractivity contribution in [3.05, 3.63) is 23.9 Å². The predicted molar refractivity (Wildman–Crippen MR) is 122 cm³/mol. The molecule has 2 atom stereocenters. The molecular formula is C23H30F5N5O4. The monoisotopic (exact) mass is 535 g/mol. The molecule has 37 heavy (non-hydrogen) atoms. The molecule has 4 amide bonds. The summed E-state index contributed by atoms with van der Waals surface area (Å²) >= 11 is 0. The van der Waals surface area contributed by atoms with Gasteiger partial charge in [-0.15, -0.1) is 0 Å². The van der Waals surface area contributed by atoms with E-state index >= 15 is 0 Å². The van der Waals surface area contributed by atoms with E-state index < -0.39 is 73.1 Å². The van der Waals surface area contributed by atoms with Gasteiger partial charge in [0.15, 0.2) is 0 Å². The van der Waals surface area contributed by atoms with Crippen molar-refractivity contribution in [3.63, 3.8) is 0 Å². The number of nitrogens with one attached hydrogen (secondary N) is 3. The second-order valence-electron chi connectivity index (χ2n) is 10.3. The van der Waals surface area contributed by atoms with Crippen LogP contribution in [0.1, 0.15) is 52.0 Å². The van der Waals surface area contributed by atoms with Gasteiger partial charge in [-0.3, -0.25) is 4.79 Å². The van der Waals surface area contributed by atoms with Gasteiger partial charge in [-0.2, -0.15) is 13.2 Å². The third-order valence-electron chi connectivity index (χ3n) is 6.02. The first-order chi connectivity index (χ1) is 17.0. The molecule has 1 aromatic rings. The van der Waals surface area contributed by atoms with Crippen molar-refractivity contribution in [2.75, 3.05) is 11.9 Å². The highest BCUT2D eigenvalue weighted by atomic mass is 19.4. The predicted octanol–water partition coefficient (Wildman–Crippen LogP) is 4.20. The van der Waals surface area contributed by atoms with E-state index in [0.29, 0.717) is 5.56 Å². The van der Waals surface area contributed by atoms with E-state index in [9.17, 15) is 36.3 Å². The molecule has 1 saturated carbocycles. The van der Waals surface area contributed by atoms with Crippen LogP contribution >= 0.6 is 0 Å². The van der Waals surface area contributed by atoms with Crippen LogP contribution < -0.4 is 16.0 Å². The maximum absolute atomic E-state index is 13.7. The summed E-state index contributed by atoms with van der Waals surface area (Å²) in [7, 11) is 0. The molecule has 0 radical (unpaired) electrons. The van der Waals surface area contributed by atoms with Gasteiger partial charge in [0.1, 0.15) is 23.5 Å². The fraction of sp³-hybridized carbons (Fsp3) is 0.652. The number of anilines is 1. The first kappa shape index (κ1) is 28.4. The van der Waals surface area contributed by atoms with Gasteiger partial charge in [0, 0.05) is 25.6 Å². The molecule has 2 heterocycles. The Balaban J connectivity index is 1.70. The number of pyridine rings is 1. The first-order valence-corrected chi connectivity index (χ1v) is 11.8. The molecule has 2 aliphatic rings. The number of carbonyl (C=O) groups is 3. The molecule has 0 aromatic carbocycles. The molecule has 14 heteroatoms. The Labute approximate surface area is 210 Å². The van der Waals surface area contributed by atoms with Crippen LogP contribution in [0.3, 0.4) is 0 Å². The van der Waals surface area contributed by atoms with E-state index in [0.717, 1.165) is 4.90 Å². The van der Waals surface area contributed by atoms with E-state index in [1.165, 1.54) is 18.3 Å². The van der Waals surface area contributed by atoms with Crippen molar-refractivity contribution in [1.29, 1.82) is 0 Å². The Morgan fingerprint density at radius 2 is 1.89 bits per heavy atom. The molecule has 2 fully saturated rings. The normalized spacial score (nSPS) is 21.2. The summed E-state index contributed by atoms with van der Waals surface area (Å²) in [6.45, 7) is 4.17. The SMILES string of the molecule is CC(C)(C)OC(=O)N[C@@H](C(=O)Nc1cc(CN2C[C@@H](C(F)(F)F)NC2=O)ccn1)C1CCC(F)(F)CC1. The Morgan fingerprint density at radius 3 is 2.46 bits per heavy atom. The Bertz CT molecular complexity index is 1000. The number of hydrogen-bond donors (Lipinski definition) is 3. The number of ether oxygens (including phenoxy) is 1. The van der Waals surface area contributed by atoms with Gasteiger partial charge in [-0.25, -0.2) is 23.4 Å². The smallest absolute Gasteiger partial charge is 0.410 e. The highest BCUT2D eigenvalue weighted by Gasteiger charge is 2.47. The minimum absolute atomic E-state index is 0.00119. The lowest BCUT2D eigenvalue weighted by Crippen LogP contribution is -2.51. The molecule has 3 rings (SSSR count). The van der Waals surface area contributed by atoms with Crippen molar-refractivity contribution >= 4 is 23.8 Å². The topological polar surface area (TPSA) is 113 Å². The second-order valence-corrected chi connectivity index (χ2v) is 10.3. The highest BCUT2D eigenvalue weighted by molar-refractivity contribution is 5.96. The zero-order valence-electron chi connectivity index (χ0n) is 20.6. The van der Waals surface area contributed by atoms with Crippen LogP contribution in [0.5, 0.6) is 0 Å². The number of alkyl halides is 5. The number of hydrogen-bond acceptors (Lipinski definition) is 5. The van der Waals surface area contributed by atoms with Gasteiger partial charge < -0.3 is 25.6 Å². The first-order valence-electron chi connectivity index (χ1n) is 11.8. The van der Waals surface area contributed by atoms with E-state index in [4.69, 9.17) is 4.74 Å². The Hall–Kier alpha value is -3.19. The lowest BCUT2D eigenvalue weighted by molar-refractivity contribution is -0.149. The van der Waals surface area contributed by atoms with Crippen LogP contribution in [0.15, 0.2) is 18.3 Å². The molecule has 1 saturated heterocycles. The van der Waals surface area contributed by atoms with Gasteiger partial charge in [-0.1, -0.05) is 0 Å². The molecule has 3 N–H and O–H groups in total. The quantitative estimate of drug-likeness (QED) is 0.473. The van der Waals surface area contributed by atoms with Gasteiger partial charge >= 0.3 is 18.3 Å². The Morgan fingerprint density at radius 1 is 1.24 bits per heavy atom. The minimum Gasteiger partial charge on any atom is -0.444 e. The van der Waals surface area contributed by atoms with Gasteiger partial charge in [0.05, 0.1) is 6.54 Å². The van der Waals surface area contributed by atoms with Crippen LogP contribution in [0, 0.1) is 5.92 Å². The number of halogens is 5. The summed E-state index contributed by atoms with van der Waals surface area (Å²) in [5.74, 6) is -4.11. The van der Waals surface area contributed by atoms with Crippen molar-refractivity contribution < 1.29 is 41.1 Å². The fourth-order valence-corrected chi connectivity index (χ4v) is 4.20. The number of nitrogens with zero attached hydrogens (tertiary/aromatic N) is 2. The number of alkyl carbamates (subject to hydrolysis) is 1. The summed E-state index contributed by atoms with van der Waals surface area (Å²) in [5.41, 5.74) is -0.453. The van der Waals surface area contributed by atoms with E-state index in [-0.39, 0.29) is 25.2 Å².